The van der Waals surface area contributed by atoms with E-state index in [1.165, 1.54) is 5.56 Å². The topological polar surface area (TPSA) is 70.7 Å². The van der Waals surface area contributed by atoms with Crippen LogP contribution in [0.1, 0.15) is 32.8 Å². The molecule has 2 N–H and O–H groups in total. The van der Waals surface area contributed by atoms with Gasteiger partial charge in [-0.25, -0.2) is 9.59 Å². The zero-order valence-corrected chi connectivity index (χ0v) is 15.0. The summed E-state index contributed by atoms with van der Waals surface area (Å²) in [5.74, 6) is -0.379. The van der Waals surface area contributed by atoms with Gasteiger partial charge in [0.2, 0.25) is 0 Å². The van der Waals surface area contributed by atoms with Crippen LogP contribution in [0.15, 0.2) is 35.5 Å². The Kier molecular flexibility index (Phi) is 4.97. The smallest absolute Gasteiger partial charge is 0.337 e. The molecule has 0 saturated heterocycles. The highest BCUT2D eigenvalue weighted by Gasteiger charge is 2.32. The monoisotopic (exact) mass is 343 g/mol. The van der Waals surface area contributed by atoms with Gasteiger partial charge >= 0.3 is 12.0 Å². The summed E-state index contributed by atoms with van der Waals surface area (Å²) in [5.41, 5.74) is 3.58. The predicted octanol–water partition coefficient (Wildman–Crippen LogP) is 2.35. The van der Waals surface area contributed by atoms with Crippen molar-refractivity contribution in [3.63, 3.8) is 0 Å². The summed E-state index contributed by atoms with van der Waals surface area (Å²) in [6, 6.07) is 7.97. The Morgan fingerprint density at radius 3 is 2.84 bits per heavy atom. The second kappa shape index (κ2) is 7.17. The molecule has 2 atom stereocenters. The van der Waals surface area contributed by atoms with Crippen molar-refractivity contribution in [2.75, 3.05) is 18.1 Å². The number of hydrogen-bond donors (Lipinski definition) is 2. The quantitative estimate of drug-likeness (QED) is 0.823. The molecular formula is C19H25N3O3. The molecule has 2 heterocycles. The molecule has 0 fully saturated rings. The van der Waals surface area contributed by atoms with Crippen LogP contribution in [0, 0.1) is 0 Å². The fourth-order valence-corrected chi connectivity index (χ4v) is 3.58. The summed E-state index contributed by atoms with van der Waals surface area (Å²) in [7, 11) is 0. The van der Waals surface area contributed by atoms with E-state index in [0.717, 1.165) is 18.5 Å². The number of carbonyl (C=O) groups excluding carboxylic acids is 2. The van der Waals surface area contributed by atoms with Crippen molar-refractivity contribution in [3.8, 4) is 0 Å². The third kappa shape index (κ3) is 3.48. The minimum atomic E-state index is -0.379. The van der Waals surface area contributed by atoms with Crippen LogP contribution >= 0.6 is 0 Å². The summed E-state index contributed by atoms with van der Waals surface area (Å²) in [6.45, 7) is 6.54. The van der Waals surface area contributed by atoms with Gasteiger partial charge in [0.15, 0.2) is 0 Å². The van der Waals surface area contributed by atoms with Crippen LogP contribution in [0.3, 0.4) is 0 Å². The zero-order chi connectivity index (χ0) is 18.0. The minimum Gasteiger partial charge on any atom is -0.463 e. The number of anilines is 1. The Hall–Kier alpha value is -2.50. The van der Waals surface area contributed by atoms with Crippen molar-refractivity contribution >= 4 is 17.7 Å². The van der Waals surface area contributed by atoms with Crippen LogP contribution in [-0.4, -0.2) is 37.2 Å². The number of carbonyl (C=O) groups is 2. The van der Waals surface area contributed by atoms with Crippen molar-refractivity contribution in [1.29, 1.82) is 0 Å². The van der Waals surface area contributed by atoms with E-state index in [0.29, 0.717) is 30.5 Å². The molecule has 1 aromatic rings. The first-order valence-electron chi connectivity index (χ1n) is 8.83. The lowest BCUT2D eigenvalue weighted by Crippen LogP contribution is -2.52. The average Bonchev–Trinajstić information content (AvgIpc) is 2.57. The molecule has 134 valence electrons. The average molecular weight is 343 g/mol. The van der Waals surface area contributed by atoms with E-state index in [-0.39, 0.29) is 18.0 Å². The van der Waals surface area contributed by atoms with E-state index in [1.807, 2.05) is 12.1 Å². The number of para-hydroxylation sites is 1. The highest BCUT2D eigenvalue weighted by molar-refractivity contribution is 5.95. The van der Waals surface area contributed by atoms with Crippen LogP contribution in [0.5, 0.6) is 0 Å². The van der Waals surface area contributed by atoms with Crippen molar-refractivity contribution in [3.05, 3.63) is 41.1 Å². The van der Waals surface area contributed by atoms with Crippen molar-refractivity contribution in [1.82, 2.24) is 10.6 Å². The molecule has 6 nitrogen and oxygen atoms in total. The first kappa shape index (κ1) is 17.3. The molecule has 0 radical (unpaired) electrons. The van der Waals surface area contributed by atoms with Crippen molar-refractivity contribution < 1.29 is 14.3 Å². The summed E-state index contributed by atoms with van der Waals surface area (Å²) in [4.78, 5) is 26.6. The van der Waals surface area contributed by atoms with Gasteiger partial charge in [-0.1, -0.05) is 18.2 Å². The lowest BCUT2D eigenvalue weighted by molar-refractivity contribution is -0.139. The van der Waals surface area contributed by atoms with Gasteiger partial charge in [-0.2, -0.15) is 0 Å². The van der Waals surface area contributed by atoms with Crippen molar-refractivity contribution in [2.45, 2.75) is 45.7 Å². The maximum atomic E-state index is 12.4. The van der Waals surface area contributed by atoms with Gasteiger partial charge in [-0.15, -0.1) is 0 Å². The fraction of sp³-hybridized carbons (Fsp3) is 0.474. The van der Waals surface area contributed by atoms with E-state index in [1.54, 1.807) is 13.8 Å². The van der Waals surface area contributed by atoms with E-state index in [4.69, 9.17) is 4.74 Å². The zero-order valence-electron chi connectivity index (χ0n) is 15.0. The second-order valence-electron chi connectivity index (χ2n) is 6.58. The van der Waals surface area contributed by atoms with Gasteiger partial charge in [0.1, 0.15) is 0 Å². The van der Waals surface area contributed by atoms with Gasteiger partial charge in [0, 0.05) is 11.7 Å². The third-order valence-corrected chi connectivity index (χ3v) is 4.86. The summed E-state index contributed by atoms with van der Waals surface area (Å²) < 4.78 is 5.20. The molecule has 0 saturated carbocycles. The van der Waals surface area contributed by atoms with Gasteiger partial charge in [0.25, 0.3) is 0 Å². The third-order valence-electron chi connectivity index (χ3n) is 4.86. The normalized spacial score (nSPS) is 22.8. The fourth-order valence-electron chi connectivity index (χ4n) is 3.58. The molecule has 6 heteroatoms. The van der Waals surface area contributed by atoms with Crippen molar-refractivity contribution in [2.24, 2.45) is 0 Å². The molecule has 2 aliphatic rings. The number of urea groups is 1. The number of rotatable bonds is 4. The lowest BCUT2D eigenvalue weighted by Gasteiger charge is -2.39. The SMILES string of the molecule is CCOC(=O)C1=C(CN2c3ccccc3CCC2C)NC(=O)NC1C. The molecule has 3 rings (SSSR count). The Bertz CT molecular complexity index is 714. The highest BCUT2D eigenvalue weighted by atomic mass is 16.5. The largest absolute Gasteiger partial charge is 0.463 e. The van der Waals surface area contributed by atoms with E-state index in [2.05, 4.69) is 34.6 Å². The molecule has 0 spiro atoms. The van der Waals surface area contributed by atoms with E-state index >= 15 is 0 Å². The number of nitrogens with zero attached hydrogens (tertiary/aromatic N) is 1. The van der Waals surface area contributed by atoms with Crippen LogP contribution in [0.2, 0.25) is 0 Å². The first-order chi connectivity index (χ1) is 12.0. The Morgan fingerprint density at radius 2 is 2.08 bits per heavy atom. The Labute approximate surface area is 148 Å². The number of hydrogen-bond acceptors (Lipinski definition) is 4. The number of amides is 2. The van der Waals surface area contributed by atoms with Gasteiger partial charge in [-0.05, 0) is 45.2 Å². The van der Waals surface area contributed by atoms with Crippen LogP contribution in [0.25, 0.3) is 0 Å². The van der Waals surface area contributed by atoms with E-state index in [9.17, 15) is 9.59 Å². The number of esters is 1. The maximum absolute atomic E-state index is 12.4. The van der Waals surface area contributed by atoms with Crippen LogP contribution in [0.4, 0.5) is 10.5 Å². The molecule has 1 aromatic carbocycles. The molecule has 2 aliphatic heterocycles. The summed E-state index contributed by atoms with van der Waals surface area (Å²) in [5, 5.41) is 5.56. The molecular weight excluding hydrogens is 318 g/mol. The molecule has 0 aliphatic carbocycles. The van der Waals surface area contributed by atoms with Gasteiger partial charge in [-0.3, -0.25) is 0 Å². The van der Waals surface area contributed by atoms with E-state index < -0.39 is 0 Å². The number of fused-ring (bicyclic) bond motifs is 1. The maximum Gasteiger partial charge on any atom is 0.337 e. The highest BCUT2D eigenvalue weighted by Crippen LogP contribution is 2.31. The number of ether oxygens (including phenoxy) is 1. The number of nitrogens with one attached hydrogen (secondary N) is 2. The van der Waals surface area contributed by atoms with Gasteiger partial charge in [0.05, 0.1) is 30.5 Å². The minimum absolute atomic E-state index is 0.284. The molecule has 2 amide bonds. The first-order valence-corrected chi connectivity index (χ1v) is 8.83. The Balaban J connectivity index is 1.96. The molecule has 0 aromatic heterocycles. The molecule has 25 heavy (non-hydrogen) atoms. The van der Waals surface area contributed by atoms with Gasteiger partial charge < -0.3 is 20.3 Å². The summed E-state index contributed by atoms with van der Waals surface area (Å²) in [6.07, 6.45) is 2.09. The Morgan fingerprint density at radius 1 is 1.32 bits per heavy atom. The molecule has 2 unspecified atom stereocenters. The number of benzene rings is 1. The second-order valence-corrected chi connectivity index (χ2v) is 6.58. The number of aryl methyl sites for hydroxylation is 1. The molecule has 0 bridgehead atoms. The standard InChI is InChI=1S/C19H25N3O3/c1-4-25-18(23)17-13(3)20-19(24)21-15(17)11-22-12(2)9-10-14-7-5-6-8-16(14)22/h5-8,12-13H,4,9-11H2,1-3H3,(H2,20,21,24). The van der Waals surface area contributed by atoms with Crippen LogP contribution in [-0.2, 0) is 16.0 Å². The lowest BCUT2D eigenvalue weighted by atomic mass is 9.95. The summed E-state index contributed by atoms with van der Waals surface area (Å²) >= 11 is 0. The predicted molar refractivity (Wildman–Crippen MR) is 96.4 cm³/mol. The van der Waals surface area contributed by atoms with Crippen LogP contribution < -0.4 is 15.5 Å².